The second kappa shape index (κ2) is 7.62. The van der Waals surface area contributed by atoms with Crippen LogP contribution in [0.3, 0.4) is 0 Å². The van der Waals surface area contributed by atoms with Crippen LogP contribution in [0.25, 0.3) is 0 Å². The normalized spacial score (nSPS) is 13.1. The lowest BCUT2D eigenvalue weighted by atomic mass is 9.78. The Labute approximate surface area is 94.2 Å². The summed E-state index contributed by atoms with van der Waals surface area (Å²) in [6.07, 6.45) is 14.5. The van der Waals surface area contributed by atoms with E-state index in [4.69, 9.17) is 0 Å². The Morgan fingerprint density at radius 1 is 0.643 bits per heavy atom. The van der Waals surface area contributed by atoms with E-state index in [0.717, 1.165) is 0 Å². The number of hydrogen-bond donors (Lipinski definition) is 0. The minimum Gasteiger partial charge on any atom is -0.253 e. The van der Waals surface area contributed by atoms with Crippen molar-refractivity contribution < 1.29 is 0 Å². The van der Waals surface area contributed by atoms with Gasteiger partial charge in [0.25, 0.3) is 0 Å². The van der Waals surface area contributed by atoms with E-state index < -0.39 is 0 Å². The van der Waals surface area contributed by atoms with Gasteiger partial charge in [0.1, 0.15) is 0 Å². The standard InChI is InChI=1S/C9H20.C4H12S/c1-5-9(6-2,7-3)8-4;1-5(2,3)4/h5-8H2,1-4H3;1-4H3. The second-order valence-electron chi connectivity index (χ2n) is 5.36. The maximum atomic E-state index is 2.30. The van der Waals surface area contributed by atoms with E-state index >= 15 is 0 Å². The molecule has 0 N–H and O–H groups in total. The molecule has 0 aromatic carbocycles. The number of hydrogen-bond acceptors (Lipinski definition) is 0. The quantitative estimate of drug-likeness (QED) is 0.630. The average molecular weight is 220 g/mol. The van der Waals surface area contributed by atoms with Gasteiger partial charge in [-0.1, -0.05) is 53.4 Å². The molecule has 0 fully saturated rings. The molecule has 0 heterocycles. The first-order valence-corrected chi connectivity index (χ1v) is 9.14. The minimum atomic E-state index is -0.167. The lowest BCUT2D eigenvalue weighted by molar-refractivity contribution is 0.240. The summed E-state index contributed by atoms with van der Waals surface area (Å²) in [6, 6.07) is 0. The van der Waals surface area contributed by atoms with Crippen molar-refractivity contribution in [2.24, 2.45) is 5.41 Å². The second-order valence-corrected chi connectivity index (χ2v) is 10.3. The molecule has 0 nitrogen and oxygen atoms in total. The molecule has 0 spiro atoms. The predicted molar refractivity (Wildman–Crippen MR) is 74.9 cm³/mol. The first-order chi connectivity index (χ1) is 6.24. The summed E-state index contributed by atoms with van der Waals surface area (Å²) in [7, 11) is -0.167. The highest BCUT2D eigenvalue weighted by molar-refractivity contribution is 8.31. The highest BCUT2D eigenvalue weighted by Gasteiger charge is 2.20. The molecular weight excluding hydrogens is 188 g/mol. The molecule has 0 rings (SSSR count). The van der Waals surface area contributed by atoms with E-state index in [1.54, 1.807) is 0 Å². The number of rotatable bonds is 4. The molecule has 0 bridgehead atoms. The Hall–Kier alpha value is 0.350. The summed E-state index contributed by atoms with van der Waals surface area (Å²) >= 11 is 0. The molecule has 0 unspecified atom stereocenters. The van der Waals surface area contributed by atoms with Crippen LogP contribution < -0.4 is 0 Å². The van der Waals surface area contributed by atoms with Crippen molar-refractivity contribution >= 4 is 10.0 Å². The van der Waals surface area contributed by atoms with Crippen LogP contribution in [-0.2, 0) is 0 Å². The fourth-order valence-corrected chi connectivity index (χ4v) is 1.50. The summed E-state index contributed by atoms with van der Waals surface area (Å²) in [4.78, 5) is 0. The summed E-state index contributed by atoms with van der Waals surface area (Å²) in [5.74, 6) is 0. The SMILES string of the molecule is CCC(CC)(CC)CC.CS(C)(C)C. The molecule has 0 amide bonds. The first-order valence-electron chi connectivity index (χ1n) is 5.88. The van der Waals surface area contributed by atoms with Gasteiger partial charge >= 0.3 is 0 Å². The van der Waals surface area contributed by atoms with Gasteiger partial charge in [-0.15, -0.1) is 0 Å². The molecule has 0 aliphatic carbocycles. The van der Waals surface area contributed by atoms with Gasteiger partial charge in [-0.3, -0.25) is 10.0 Å². The summed E-state index contributed by atoms with van der Waals surface area (Å²) in [5.41, 5.74) is 0.667. The minimum absolute atomic E-state index is 0.167. The van der Waals surface area contributed by atoms with Crippen molar-refractivity contribution in [1.29, 1.82) is 0 Å². The van der Waals surface area contributed by atoms with E-state index in [9.17, 15) is 0 Å². The van der Waals surface area contributed by atoms with E-state index in [1.165, 1.54) is 25.7 Å². The Morgan fingerprint density at radius 2 is 0.786 bits per heavy atom. The fraction of sp³-hybridized carbons (Fsp3) is 1.00. The molecule has 0 atom stereocenters. The summed E-state index contributed by atoms with van der Waals surface area (Å²) in [5, 5.41) is 0. The van der Waals surface area contributed by atoms with E-state index in [2.05, 4.69) is 52.7 Å². The van der Waals surface area contributed by atoms with Gasteiger partial charge in [0.05, 0.1) is 0 Å². The Morgan fingerprint density at radius 3 is 0.786 bits per heavy atom. The van der Waals surface area contributed by atoms with Gasteiger partial charge in [0.15, 0.2) is 0 Å². The summed E-state index contributed by atoms with van der Waals surface area (Å²) in [6.45, 7) is 9.21. The highest BCUT2D eigenvalue weighted by Crippen LogP contribution is 2.33. The van der Waals surface area contributed by atoms with Crippen LogP contribution in [-0.4, -0.2) is 25.0 Å². The zero-order chi connectivity index (χ0) is 11.8. The van der Waals surface area contributed by atoms with Crippen molar-refractivity contribution in [2.75, 3.05) is 25.0 Å². The van der Waals surface area contributed by atoms with Crippen LogP contribution in [0.2, 0.25) is 0 Å². The van der Waals surface area contributed by atoms with Crippen molar-refractivity contribution in [2.45, 2.75) is 53.4 Å². The highest BCUT2D eigenvalue weighted by atomic mass is 32.3. The topological polar surface area (TPSA) is 0 Å². The van der Waals surface area contributed by atoms with Crippen molar-refractivity contribution in [1.82, 2.24) is 0 Å². The van der Waals surface area contributed by atoms with Gasteiger partial charge in [-0.05, 0) is 30.4 Å². The molecule has 1 heteroatoms. The van der Waals surface area contributed by atoms with Crippen LogP contribution in [0.1, 0.15) is 53.4 Å². The molecule has 0 saturated heterocycles. The molecule has 0 aromatic heterocycles. The Kier molecular flexibility index (Phi) is 9.12. The monoisotopic (exact) mass is 220 g/mol. The van der Waals surface area contributed by atoms with Crippen LogP contribution in [0.15, 0.2) is 0 Å². The molecule has 0 saturated carbocycles. The van der Waals surface area contributed by atoms with E-state index in [-0.39, 0.29) is 10.0 Å². The predicted octanol–water partition coefficient (Wildman–Crippen LogP) is 4.92. The van der Waals surface area contributed by atoms with Crippen LogP contribution in [0.5, 0.6) is 0 Å². The van der Waals surface area contributed by atoms with E-state index in [0.29, 0.717) is 5.41 Å². The Bertz CT molecular complexity index is 94.2. The lowest BCUT2D eigenvalue weighted by Crippen LogP contribution is -2.15. The smallest absolute Gasteiger partial charge is 0.0308 e. The van der Waals surface area contributed by atoms with Crippen molar-refractivity contribution in [3.8, 4) is 0 Å². The molecular formula is C13H32S. The molecule has 0 aliphatic heterocycles. The molecule has 90 valence electrons. The van der Waals surface area contributed by atoms with Crippen LogP contribution in [0, 0.1) is 5.41 Å². The van der Waals surface area contributed by atoms with Gasteiger partial charge in [-0.2, -0.15) is 0 Å². The molecule has 0 aromatic rings. The van der Waals surface area contributed by atoms with Gasteiger partial charge in [0, 0.05) is 0 Å². The third-order valence-electron chi connectivity index (χ3n) is 3.00. The largest absolute Gasteiger partial charge is 0.253 e. The van der Waals surface area contributed by atoms with Gasteiger partial charge in [-0.25, -0.2) is 0 Å². The third kappa shape index (κ3) is 10.4. The van der Waals surface area contributed by atoms with Crippen LogP contribution >= 0.6 is 10.0 Å². The van der Waals surface area contributed by atoms with Gasteiger partial charge in [0.2, 0.25) is 0 Å². The van der Waals surface area contributed by atoms with E-state index in [1.807, 2.05) is 0 Å². The zero-order valence-corrected chi connectivity index (χ0v) is 12.6. The molecule has 0 radical (unpaired) electrons. The Balaban J connectivity index is 0. The fourth-order valence-electron chi connectivity index (χ4n) is 1.50. The van der Waals surface area contributed by atoms with Crippen LogP contribution in [0.4, 0.5) is 0 Å². The molecule has 0 aliphatic rings. The molecule has 14 heavy (non-hydrogen) atoms. The zero-order valence-electron chi connectivity index (χ0n) is 11.7. The first kappa shape index (κ1) is 16.8. The van der Waals surface area contributed by atoms with Gasteiger partial charge < -0.3 is 0 Å². The maximum Gasteiger partial charge on any atom is -0.0308 e. The van der Waals surface area contributed by atoms with Crippen molar-refractivity contribution in [3.63, 3.8) is 0 Å². The lowest BCUT2D eigenvalue weighted by Gasteiger charge is -2.28. The average Bonchev–Trinajstić information content (AvgIpc) is 2.07. The maximum absolute atomic E-state index is 2.30. The summed E-state index contributed by atoms with van der Waals surface area (Å²) < 4.78 is 0. The third-order valence-corrected chi connectivity index (χ3v) is 3.00. The van der Waals surface area contributed by atoms with Crippen molar-refractivity contribution in [3.05, 3.63) is 0 Å².